The highest BCUT2D eigenvalue weighted by molar-refractivity contribution is 5.89. The van der Waals surface area contributed by atoms with Gasteiger partial charge in [-0.25, -0.2) is 9.18 Å². The van der Waals surface area contributed by atoms with Crippen molar-refractivity contribution in [3.8, 4) is 0 Å². The number of carbonyl (C=O) groups excluding carboxylic acids is 1. The second-order valence-electron chi connectivity index (χ2n) is 4.11. The van der Waals surface area contributed by atoms with Gasteiger partial charge in [0, 0.05) is 12.6 Å². The highest BCUT2D eigenvalue weighted by Gasteiger charge is 2.12. The Morgan fingerprint density at radius 3 is 2.89 bits per heavy atom. The topological polar surface area (TPSA) is 38.3 Å². The Kier molecular flexibility index (Phi) is 5.52. The molecule has 0 saturated heterocycles. The van der Waals surface area contributed by atoms with Crippen LogP contribution in [0.5, 0.6) is 0 Å². The Hall–Kier alpha value is -1.68. The van der Waals surface area contributed by atoms with Gasteiger partial charge in [-0.1, -0.05) is 12.1 Å². The van der Waals surface area contributed by atoms with Gasteiger partial charge >= 0.3 is 5.97 Å². The van der Waals surface area contributed by atoms with Crippen LogP contribution in [0, 0.1) is 5.82 Å². The number of ether oxygens (including phenoxy) is 1. The maximum absolute atomic E-state index is 13.6. The van der Waals surface area contributed by atoms with E-state index in [1.807, 2.05) is 13.0 Å². The van der Waals surface area contributed by atoms with Crippen LogP contribution in [0.1, 0.15) is 29.3 Å². The van der Waals surface area contributed by atoms with Crippen molar-refractivity contribution in [2.24, 2.45) is 0 Å². The zero-order valence-corrected chi connectivity index (χ0v) is 10.7. The van der Waals surface area contributed by atoms with Crippen LogP contribution in [-0.2, 0) is 11.3 Å². The molecule has 1 atom stereocenters. The van der Waals surface area contributed by atoms with E-state index < -0.39 is 11.8 Å². The van der Waals surface area contributed by atoms with Gasteiger partial charge in [0.2, 0.25) is 0 Å². The molecule has 0 amide bonds. The van der Waals surface area contributed by atoms with Crippen molar-refractivity contribution in [2.45, 2.75) is 25.9 Å². The summed E-state index contributed by atoms with van der Waals surface area (Å²) in [5.41, 5.74) is 0.747. The number of hydrogen-bond donors (Lipinski definition) is 1. The van der Waals surface area contributed by atoms with E-state index in [1.165, 1.54) is 19.2 Å². The number of halogens is 1. The molecule has 0 radical (unpaired) electrons. The van der Waals surface area contributed by atoms with Gasteiger partial charge in [0.05, 0.1) is 12.7 Å². The normalized spacial score (nSPS) is 11.9. The van der Waals surface area contributed by atoms with Gasteiger partial charge in [0.25, 0.3) is 0 Å². The molecule has 3 nitrogen and oxygen atoms in total. The number of nitrogens with one attached hydrogen (secondary N) is 1. The van der Waals surface area contributed by atoms with Gasteiger partial charge in [0.15, 0.2) is 0 Å². The molecule has 4 heteroatoms. The van der Waals surface area contributed by atoms with Crippen molar-refractivity contribution in [3.05, 3.63) is 47.8 Å². The third kappa shape index (κ3) is 3.96. The van der Waals surface area contributed by atoms with Crippen molar-refractivity contribution in [1.29, 1.82) is 0 Å². The molecule has 0 aliphatic heterocycles. The van der Waals surface area contributed by atoms with Crippen LogP contribution in [0.3, 0.4) is 0 Å². The van der Waals surface area contributed by atoms with E-state index in [4.69, 9.17) is 0 Å². The second kappa shape index (κ2) is 6.91. The van der Waals surface area contributed by atoms with Crippen LogP contribution >= 0.6 is 0 Å². The fourth-order valence-corrected chi connectivity index (χ4v) is 1.57. The van der Waals surface area contributed by atoms with Gasteiger partial charge in [-0.3, -0.25) is 0 Å². The van der Waals surface area contributed by atoms with Gasteiger partial charge in [-0.05, 0) is 31.0 Å². The van der Waals surface area contributed by atoms with Crippen LogP contribution in [0.4, 0.5) is 4.39 Å². The quantitative estimate of drug-likeness (QED) is 0.624. The van der Waals surface area contributed by atoms with E-state index in [2.05, 4.69) is 16.6 Å². The number of hydrogen-bond acceptors (Lipinski definition) is 3. The van der Waals surface area contributed by atoms with Crippen LogP contribution in [0.15, 0.2) is 30.9 Å². The average Bonchev–Trinajstić information content (AvgIpc) is 2.36. The van der Waals surface area contributed by atoms with Gasteiger partial charge in [0.1, 0.15) is 5.82 Å². The lowest BCUT2D eigenvalue weighted by atomic mass is 10.1. The number of benzene rings is 1. The third-order valence-corrected chi connectivity index (χ3v) is 2.61. The summed E-state index contributed by atoms with van der Waals surface area (Å²) in [6.45, 7) is 6.24. The lowest BCUT2D eigenvalue weighted by Crippen LogP contribution is -2.24. The SMILES string of the molecule is C=CCC(C)NCc1ccc(C(=O)OC)c(F)c1. The smallest absolute Gasteiger partial charge is 0.340 e. The summed E-state index contributed by atoms with van der Waals surface area (Å²) >= 11 is 0. The first-order chi connectivity index (χ1) is 8.58. The summed E-state index contributed by atoms with van der Waals surface area (Å²) in [4.78, 5) is 11.2. The molecule has 0 aromatic heterocycles. The molecule has 18 heavy (non-hydrogen) atoms. The first-order valence-electron chi connectivity index (χ1n) is 5.79. The summed E-state index contributed by atoms with van der Waals surface area (Å²) in [5.74, 6) is -1.22. The van der Waals surface area contributed by atoms with Crippen molar-refractivity contribution in [3.63, 3.8) is 0 Å². The van der Waals surface area contributed by atoms with Crippen molar-refractivity contribution < 1.29 is 13.9 Å². The molecule has 1 aromatic rings. The number of rotatable bonds is 6. The first kappa shape index (κ1) is 14.4. The molecule has 0 fully saturated rings. The Balaban J connectivity index is 2.67. The van der Waals surface area contributed by atoms with Crippen molar-refractivity contribution in [2.75, 3.05) is 7.11 Å². The molecular weight excluding hydrogens is 233 g/mol. The van der Waals surface area contributed by atoms with Gasteiger partial charge < -0.3 is 10.1 Å². The van der Waals surface area contributed by atoms with Crippen LogP contribution < -0.4 is 5.32 Å². The van der Waals surface area contributed by atoms with E-state index in [-0.39, 0.29) is 11.6 Å². The molecule has 0 heterocycles. The Bertz CT molecular complexity index is 432. The molecular formula is C14H18FNO2. The Labute approximate surface area is 107 Å². The number of carbonyl (C=O) groups is 1. The largest absolute Gasteiger partial charge is 0.465 e. The second-order valence-corrected chi connectivity index (χ2v) is 4.11. The molecule has 0 saturated carbocycles. The van der Waals surface area contributed by atoms with E-state index >= 15 is 0 Å². The number of methoxy groups -OCH3 is 1. The molecule has 1 rings (SSSR count). The molecule has 1 N–H and O–H groups in total. The predicted octanol–water partition coefficient (Wildman–Crippen LogP) is 2.67. The minimum absolute atomic E-state index is 0.0413. The fraction of sp³-hybridized carbons (Fsp3) is 0.357. The molecule has 0 aliphatic carbocycles. The minimum atomic E-state index is -0.660. The Morgan fingerprint density at radius 2 is 2.33 bits per heavy atom. The van der Waals surface area contributed by atoms with Crippen molar-refractivity contribution in [1.82, 2.24) is 5.32 Å². The molecule has 1 aromatic carbocycles. The monoisotopic (exact) mass is 251 g/mol. The summed E-state index contributed by atoms with van der Waals surface area (Å²) in [6.07, 6.45) is 2.68. The van der Waals surface area contributed by atoms with Crippen LogP contribution in [-0.4, -0.2) is 19.1 Å². The zero-order chi connectivity index (χ0) is 13.5. The van der Waals surface area contributed by atoms with Crippen molar-refractivity contribution >= 4 is 5.97 Å². The molecule has 0 aliphatic rings. The summed E-state index contributed by atoms with van der Waals surface area (Å²) < 4.78 is 18.1. The maximum Gasteiger partial charge on any atom is 0.340 e. The van der Waals surface area contributed by atoms with Gasteiger partial charge in [-0.15, -0.1) is 6.58 Å². The maximum atomic E-state index is 13.6. The Morgan fingerprint density at radius 1 is 1.61 bits per heavy atom. The van der Waals surface area contributed by atoms with Gasteiger partial charge in [-0.2, -0.15) is 0 Å². The number of esters is 1. The van der Waals surface area contributed by atoms with E-state index in [0.717, 1.165) is 12.0 Å². The summed E-state index contributed by atoms with van der Waals surface area (Å²) in [5, 5.41) is 3.24. The highest BCUT2D eigenvalue weighted by atomic mass is 19.1. The van der Waals surface area contributed by atoms with E-state index in [1.54, 1.807) is 6.07 Å². The lowest BCUT2D eigenvalue weighted by molar-refractivity contribution is 0.0595. The molecule has 0 bridgehead atoms. The molecule has 98 valence electrons. The van der Waals surface area contributed by atoms with Crippen LogP contribution in [0.2, 0.25) is 0 Å². The average molecular weight is 251 g/mol. The van der Waals surface area contributed by atoms with Crippen LogP contribution in [0.25, 0.3) is 0 Å². The first-order valence-corrected chi connectivity index (χ1v) is 5.79. The lowest BCUT2D eigenvalue weighted by Gasteiger charge is -2.12. The minimum Gasteiger partial charge on any atom is -0.465 e. The summed E-state index contributed by atoms with van der Waals surface area (Å²) in [7, 11) is 1.23. The van der Waals surface area contributed by atoms with E-state index in [9.17, 15) is 9.18 Å². The third-order valence-electron chi connectivity index (χ3n) is 2.61. The molecule has 0 spiro atoms. The van der Waals surface area contributed by atoms with E-state index in [0.29, 0.717) is 6.54 Å². The fourth-order valence-electron chi connectivity index (χ4n) is 1.57. The highest BCUT2D eigenvalue weighted by Crippen LogP contribution is 2.12. The summed E-state index contributed by atoms with van der Waals surface area (Å²) in [6, 6.07) is 4.78. The molecule has 1 unspecified atom stereocenters. The standard InChI is InChI=1S/C14H18FNO2/c1-4-5-10(2)16-9-11-6-7-12(13(15)8-11)14(17)18-3/h4,6-8,10,16H,1,5,9H2,2-3H3. The zero-order valence-electron chi connectivity index (χ0n) is 10.7. The predicted molar refractivity (Wildman–Crippen MR) is 68.9 cm³/mol.